The van der Waals surface area contributed by atoms with Crippen molar-refractivity contribution in [2.24, 2.45) is 0 Å². The van der Waals surface area contributed by atoms with Crippen LogP contribution in [0.3, 0.4) is 0 Å². The lowest BCUT2D eigenvalue weighted by atomic mass is 10.1. The van der Waals surface area contributed by atoms with E-state index in [9.17, 15) is 4.79 Å². The molecule has 0 radical (unpaired) electrons. The van der Waals surface area contributed by atoms with Crippen LogP contribution in [0.2, 0.25) is 0 Å². The van der Waals surface area contributed by atoms with E-state index in [0.717, 1.165) is 17.8 Å². The molecule has 0 aliphatic rings. The number of carbonyl (C=O) groups excluding carboxylic acids is 1. The average molecular weight is 318 g/mol. The predicted octanol–water partition coefficient (Wildman–Crippen LogP) is 4.03. The maximum Gasteiger partial charge on any atom is 0.274 e. The Morgan fingerprint density at radius 3 is 2.42 bits per heavy atom. The summed E-state index contributed by atoms with van der Waals surface area (Å²) in [5.41, 5.74) is 3.14. The van der Waals surface area contributed by atoms with Crippen molar-refractivity contribution in [1.82, 2.24) is 9.97 Å². The smallest absolute Gasteiger partial charge is 0.274 e. The zero-order valence-electron chi connectivity index (χ0n) is 13.4. The molecule has 5 nitrogen and oxygen atoms in total. The molecule has 0 aliphatic heterocycles. The molecule has 1 aromatic heterocycles. The quantitative estimate of drug-likeness (QED) is 0.745. The molecule has 2 N–H and O–H groups in total. The van der Waals surface area contributed by atoms with Crippen LogP contribution in [0.1, 0.15) is 23.0 Å². The van der Waals surface area contributed by atoms with E-state index >= 15 is 0 Å². The minimum Gasteiger partial charge on any atom is -0.324 e. The molecule has 24 heavy (non-hydrogen) atoms. The third kappa shape index (κ3) is 3.95. The number of hydrogen-bond donors (Lipinski definition) is 2. The number of nitrogens with one attached hydrogen (secondary N) is 2. The largest absolute Gasteiger partial charge is 0.324 e. The Balaban J connectivity index is 1.71. The van der Waals surface area contributed by atoms with E-state index < -0.39 is 0 Å². The van der Waals surface area contributed by atoms with Crippen molar-refractivity contribution in [2.75, 3.05) is 10.6 Å². The van der Waals surface area contributed by atoms with E-state index in [-0.39, 0.29) is 5.91 Å². The van der Waals surface area contributed by atoms with Gasteiger partial charge in [-0.2, -0.15) is 0 Å². The number of aryl methyl sites for hydroxylation is 1. The highest BCUT2D eigenvalue weighted by Gasteiger charge is 2.09. The van der Waals surface area contributed by atoms with Crippen LogP contribution in [0.15, 0.2) is 66.9 Å². The molecule has 1 heterocycles. The molecule has 0 aliphatic carbocycles. The molecular formula is C19H18N4O. The lowest BCUT2D eigenvalue weighted by molar-refractivity contribution is 0.102. The molecule has 0 unspecified atom stereocenters. The molecule has 0 saturated carbocycles. The number of amides is 1. The van der Waals surface area contributed by atoms with Gasteiger partial charge in [-0.1, -0.05) is 37.3 Å². The molecule has 2 aromatic carbocycles. The van der Waals surface area contributed by atoms with Crippen LogP contribution in [-0.4, -0.2) is 15.9 Å². The molecule has 0 fully saturated rings. The van der Waals surface area contributed by atoms with E-state index in [1.807, 2.05) is 54.6 Å². The number of carbonyl (C=O) groups is 1. The van der Waals surface area contributed by atoms with Gasteiger partial charge in [-0.15, -0.1) is 0 Å². The molecule has 0 saturated heterocycles. The van der Waals surface area contributed by atoms with Crippen LogP contribution < -0.4 is 10.6 Å². The summed E-state index contributed by atoms with van der Waals surface area (Å²) in [6.45, 7) is 2.09. The van der Waals surface area contributed by atoms with E-state index in [0.29, 0.717) is 11.6 Å². The van der Waals surface area contributed by atoms with Crippen LogP contribution in [0.5, 0.6) is 0 Å². The number of para-hydroxylation sites is 1. The van der Waals surface area contributed by atoms with E-state index in [4.69, 9.17) is 0 Å². The first-order valence-corrected chi connectivity index (χ1v) is 7.80. The normalized spacial score (nSPS) is 10.2. The maximum absolute atomic E-state index is 12.3. The standard InChI is InChI=1S/C19H18N4O/c1-2-14-8-10-16(11-9-14)21-18(24)17-12-13-20-19(23-17)22-15-6-4-3-5-7-15/h3-13H,2H2,1H3,(H,21,24)(H,20,22,23). The van der Waals surface area contributed by atoms with E-state index in [2.05, 4.69) is 27.5 Å². The molecule has 0 bridgehead atoms. The molecule has 0 atom stereocenters. The molecule has 120 valence electrons. The summed E-state index contributed by atoms with van der Waals surface area (Å²) >= 11 is 0. The van der Waals surface area contributed by atoms with Gasteiger partial charge in [-0.25, -0.2) is 9.97 Å². The van der Waals surface area contributed by atoms with Crippen LogP contribution in [-0.2, 0) is 6.42 Å². The van der Waals surface area contributed by atoms with Gasteiger partial charge in [0, 0.05) is 17.6 Å². The van der Waals surface area contributed by atoms with Crippen LogP contribution >= 0.6 is 0 Å². The fourth-order valence-electron chi connectivity index (χ4n) is 2.21. The first-order valence-electron chi connectivity index (χ1n) is 7.80. The van der Waals surface area contributed by atoms with Gasteiger partial charge < -0.3 is 10.6 Å². The highest BCUT2D eigenvalue weighted by molar-refractivity contribution is 6.03. The lowest BCUT2D eigenvalue weighted by Crippen LogP contribution is -2.14. The zero-order chi connectivity index (χ0) is 16.8. The summed E-state index contributed by atoms with van der Waals surface area (Å²) in [7, 11) is 0. The third-order valence-corrected chi connectivity index (χ3v) is 3.54. The van der Waals surface area contributed by atoms with Gasteiger partial charge in [0.05, 0.1) is 0 Å². The minimum absolute atomic E-state index is 0.266. The Bertz CT molecular complexity index is 816. The van der Waals surface area contributed by atoms with Crippen LogP contribution in [0.4, 0.5) is 17.3 Å². The Morgan fingerprint density at radius 1 is 0.958 bits per heavy atom. The number of nitrogens with zero attached hydrogens (tertiary/aromatic N) is 2. The Morgan fingerprint density at radius 2 is 1.71 bits per heavy atom. The van der Waals surface area contributed by atoms with Crippen LogP contribution in [0, 0.1) is 0 Å². The molecular weight excluding hydrogens is 300 g/mol. The van der Waals surface area contributed by atoms with Gasteiger partial charge >= 0.3 is 0 Å². The predicted molar refractivity (Wildman–Crippen MR) is 95.5 cm³/mol. The first kappa shape index (κ1) is 15.7. The van der Waals surface area contributed by atoms with Crippen LogP contribution in [0.25, 0.3) is 0 Å². The number of anilines is 3. The highest BCUT2D eigenvalue weighted by atomic mass is 16.1. The Labute approximate surface area is 140 Å². The average Bonchev–Trinajstić information content (AvgIpc) is 2.63. The Hall–Kier alpha value is -3.21. The second kappa shape index (κ2) is 7.37. The summed E-state index contributed by atoms with van der Waals surface area (Å²) in [6.07, 6.45) is 2.53. The highest BCUT2D eigenvalue weighted by Crippen LogP contribution is 2.14. The van der Waals surface area contributed by atoms with Gasteiger partial charge in [0.15, 0.2) is 0 Å². The minimum atomic E-state index is -0.266. The lowest BCUT2D eigenvalue weighted by Gasteiger charge is -2.08. The number of aromatic nitrogens is 2. The summed E-state index contributed by atoms with van der Waals surface area (Å²) in [5.74, 6) is 0.118. The van der Waals surface area contributed by atoms with Crippen molar-refractivity contribution >= 4 is 23.2 Å². The van der Waals surface area contributed by atoms with Crippen molar-refractivity contribution in [2.45, 2.75) is 13.3 Å². The molecule has 1 amide bonds. The van der Waals surface area contributed by atoms with Crippen molar-refractivity contribution in [1.29, 1.82) is 0 Å². The summed E-state index contributed by atoms with van der Waals surface area (Å²) < 4.78 is 0. The molecule has 5 heteroatoms. The fourth-order valence-corrected chi connectivity index (χ4v) is 2.21. The van der Waals surface area contributed by atoms with Gasteiger partial charge in [-0.3, -0.25) is 4.79 Å². The number of benzene rings is 2. The summed E-state index contributed by atoms with van der Waals surface area (Å²) in [6, 6.07) is 18.9. The van der Waals surface area contributed by atoms with Crippen molar-refractivity contribution in [3.63, 3.8) is 0 Å². The molecule has 3 aromatic rings. The molecule has 3 rings (SSSR count). The number of rotatable bonds is 5. The van der Waals surface area contributed by atoms with E-state index in [1.54, 1.807) is 12.3 Å². The monoisotopic (exact) mass is 318 g/mol. The summed E-state index contributed by atoms with van der Waals surface area (Å²) in [5, 5.41) is 5.92. The van der Waals surface area contributed by atoms with Gasteiger partial charge in [0.2, 0.25) is 5.95 Å². The molecule has 0 spiro atoms. The van der Waals surface area contributed by atoms with E-state index in [1.165, 1.54) is 5.56 Å². The third-order valence-electron chi connectivity index (χ3n) is 3.54. The first-order chi connectivity index (χ1) is 11.7. The van der Waals surface area contributed by atoms with Gasteiger partial charge in [0.1, 0.15) is 5.69 Å². The van der Waals surface area contributed by atoms with Crippen molar-refractivity contribution < 1.29 is 4.79 Å². The summed E-state index contributed by atoms with van der Waals surface area (Å²) in [4.78, 5) is 20.8. The second-order valence-corrected chi connectivity index (χ2v) is 5.26. The maximum atomic E-state index is 12.3. The topological polar surface area (TPSA) is 66.9 Å². The van der Waals surface area contributed by atoms with Gasteiger partial charge in [-0.05, 0) is 42.3 Å². The van der Waals surface area contributed by atoms with Crippen molar-refractivity contribution in [3.05, 3.63) is 78.1 Å². The number of hydrogen-bond acceptors (Lipinski definition) is 4. The Kier molecular flexibility index (Phi) is 4.81. The fraction of sp³-hybridized carbons (Fsp3) is 0.105. The second-order valence-electron chi connectivity index (χ2n) is 5.26. The SMILES string of the molecule is CCc1ccc(NC(=O)c2ccnc(Nc3ccccc3)n2)cc1. The van der Waals surface area contributed by atoms with Crippen molar-refractivity contribution in [3.8, 4) is 0 Å². The zero-order valence-corrected chi connectivity index (χ0v) is 13.4. The van der Waals surface area contributed by atoms with Gasteiger partial charge in [0.25, 0.3) is 5.91 Å².